The lowest BCUT2D eigenvalue weighted by molar-refractivity contribution is -0.387. The molecule has 0 aliphatic carbocycles. The zero-order valence-corrected chi connectivity index (χ0v) is 36.7. The van der Waals surface area contributed by atoms with Crippen molar-refractivity contribution in [3.8, 4) is 5.75 Å². The van der Waals surface area contributed by atoms with Crippen LogP contribution in [0.2, 0.25) is 0 Å². The van der Waals surface area contributed by atoms with Gasteiger partial charge in [0.15, 0.2) is 23.6 Å². The maximum absolute atomic E-state index is 13.6. The van der Waals surface area contributed by atoms with Gasteiger partial charge < -0.3 is 52.9 Å². The Balaban J connectivity index is 1.21. The minimum Gasteiger partial charge on any atom is -0.467 e. The quantitative estimate of drug-likeness (QED) is 0.0742. The Bertz CT molecular complexity index is 2300. The van der Waals surface area contributed by atoms with E-state index in [0.717, 1.165) is 33.4 Å². The van der Waals surface area contributed by atoms with E-state index >= 15 is 0 Å². The molecule has 0 saturated carbocycles. The lowest BCUT2D eigenvalue weighted by Gasteiger charge is -2.42. The van der Waals surface area contributed by atoms with Gasteiger partial charge in [-0.05, 0) is 30.0 Å². The summed E-state index contributed by atoms with van der Waals surface area (Å²) in [7, 11) is 6.00. The number of nitrogens with zero attached hydrogens (tertiary/aromatic N) is 9. The average Bonchev–Trinajstić information content (AvgIpc) is 3.70. The van der Waals surface area contributed by atoms with Gasteiger partial charge in [-0.1, -0.05) is 19.9 Å². The summed E-state index contributed by atoms with van der Waals surface area (Å²) in [5.74, 6) is -3.10. The summed E-state index contributed by atoms with van der Waals surface area (Å²) in [6, 6.07) is 4.89. The van der Waals surface area contributed by atoms with Crippen molar-refractivity contribution in [3.05, 3.63) is 63.9 Å². The largest absolute Gasteiger partial charge is 0.467 e. The summed E-state index contributed by atoms with van der Waals surface area (Å²) in [6.45, 7) is 13.4. The van der Waals surface area contributed by atoms with Crippen LogP contribution in [0.4, 0.5) is 21.1 Å². The molecule has 0 unspecified atom stereocenters. The number of nitro benzene ring substituents is 1. The van der Waals surface area contributed by atoms with Crippen molar-refractivity contribution in [2.45, 2.75) is 71.4 Å². The van der Waals surface area contributed by atoms with Crippen LogP contribution in [0.1, 0.15) is 39.7 Å². The fourth-order valence-corrected chi connectivity index (χ4v) is 7.56. The van der Waals surface area contributed by atoms with Crippen LogP contribution in [0.5, 0.6) is 5.75 Å². The standard InChI is InChI=1S/C41H51N9O14/c1-23-12-14-48(32(53)19-42-5)20-30(23)47(8)36-28-13-15-49(37(28)44-22-43-36)40(55)45(6)16-17-46(7)41(56)60-21-27-10-11-31(29(18-27)50(57)58)63-39-35(62-26(4)52)33(61-25(3)51)24(2)34(64-39)38(54)59-9/h10-11,13,15,18,22-24,30,33-35,39H,12,14,16-17,19-21H2,1-4,6-9H3/t23-,24+,30+,33+,34+,35-,39-/m1/s1. The molecule has 2 aliphatic heterocycles. The summed E-state index contributed by atoms with van der Waals surface area (Å²) < 4.78 is 34.0. The van der Waals surface area contributed by atoms with Gasteiger partial charge in [0.25, 0.3) is 6.54 Å². The number of nitro groups is 1. The highest BCUT2D eigenvalue weighted by Gasteiger charge is 2.52. The van der Waals surface area contributed by atoms with Crippen molar-refractivity contribution < 1.29 is 62.1 Å². The Morgan fingerprint density at radius 2 is 1.69 bits per heavy atom. The molecule has 23 nitrogen and oxygen atoms in total. The van der Waals surface area contributed by atoms with Crippen molar-refractivity contribution in [1.82, 2.24) is 29.2 Å². The first-order valence-electron chi connectivity index (χ1n) is 20.2. The highest BCUT2D eigenvalue weighted by Crippen LogP contribution is 2.36. The first-order chi connectivity index (χ1) is 30.4. The second-order valence-electron chi connectivity index (χ2n) is 15.5. The average molecular weight is 894 g/mol. The van der Waals surface area contributed by atoms with Gasteiger partial charge >= 0.3 is 41.6 Å². The third-order valence-corrected chi connectivity index (χ3v) is 11.1. The van der Waals surface area contributed by atoms with Gasteiger partial charge in [-0.25, -0.2) is 30.9 Å². The van der Waals surface area contributed by atoms with Crippen LogP contribution in [0.3, 0.4) is 0 Å². The summed E-state index contributed by atoms with van der Waals surface area (Å²) in [5.41, 5.74) is -0.0351. The zero-order valence-electron chi connectivity index (χ0n) is 36.7. The Morgan fingerprint density at radius 1 is 1.00 bits per heavy atom. The number of benzene rings is 1. The molecule has 0 N–H and O–H groups in total. The van der Waals surface area contributed by atoms with E-state index in [4.69, 9.17) is 35.0 Å². The molecular formula is C41H51N9O14. The Kier molecular flexibility index (Phi) is 15.6. The third kappa shape index (κ3) is 10.9. The third-order valence-electron chi connectivity index (χ3n) is 11.1. The molecule has 0 spiro atoms. The van der Waals surface area contributed by atoms with Crippen molar-refractivity contribution in [2.24, 2.45) is 11.8 Å². The minimum absolute atomic E-state index is 0.0445. The summed E-state index contributed by atoms with van der Waals surface area (Å²) in [6.07, 6.45) is -2.84. The number of amides is 3. The van der Waals surface area contributed by atoms with Crippen molar-refractivity contribution in [2.75, 3.05) is 65.9 Å². The number of piperidine rings is 1. The van der Waals surface area contributed by atoms with Crippen LogP contribution in [-0.2, 0) is 49.5 Å². The number of likely N-dealkylation sites (N-methyl/N-ethyl adjacent to an activating group) is 3. The Morgan fingerprint density at radius 3 is 2.34 bits per heavy atom. The van der Waals surface area contributed by atoms with E-state index in [1.807, 2.05) is 11.9 Å². The topological polar surface area (TPSA) is 249 Å². The number of hydrogen-bond donors (Lipinski definition) is 0. The molecule has 2 saturated heterocycles. The monoisotopic (exact) mass is 893 g/mol. The van der Waals surface area contributed by atoms with Gasteiger partial charge in [-0.2, -0.15) is 0 Å². The summed E-state index contributed by atoms with van der Waals surface area (Å²) in [5, 5.41) is 12.8. The molecule has 2 aromatic heterocycles. The van der Waals surface area contributed by atoms with Crippen LogP contribution < -0.4 is 9.64 Å². The van der Waals surface area contributed by atoms with Crippen molar-refractivity contribution >= 4 is 58.5 Å². The second kappa shape index (κ2) is 20.9. The van der Waals surface area contributed by atoms with Gasteiger partial charge in [-0.15, -0.1) is 0 Å². The molecule has 64 heavy (non-hydrogen) atoms. The molecule has 0 bridgehead atoms. The molecule has 1 aromatic carbocycles. The van der Waals surface area contributed by atoms with Gasteiger partial charge in [0.05, 0.1) is 23.5 Å². The van der Waals surface area contributed by atoms with Crippen LogP contribution >= 0.6 is 0 Å². The molecule has 2 fully saturated rings. The number of methoxy groups -OCH3 is 1. The number of ether oxygens (including phenoxy) is 6. The van der Waals surface area contributed by atoms with Crippen LogP contribution in [0, 0.1) is 28.5 Å². The minimum atomic E-state index is -1.67. The first-order valence-corrected chi connectivity index (χ1v) is 20.2. The smallest absolute Gasteiger partial charge is 0.409 e. The molecular weight excluding hydrogens is 842 g/mol. The van der Waals surface area contributed by atoms with E-state index in [1.54, 1.807) is 24.2 Å². The van der Waals surface area contributed by atoms with Gasteiger partial charge in [-0.3, -0.25) is 29.1 Å². The van der Waals surface area contributed by atoms with Crippen LogP contribution in [0.15, 0.2) is 36.8 Å². The SMILES string of the molecule is [C-]#[N+]CC(=O)N1CC[C@@H](C)[C@@H](N(C)c2ncnc3c2ccn3C(=O)N(C)CCN(C)C(=O)OCc2ccc(O[C@@H]3O[C@H](C(=O)OC)[C@@H](C)[C@H](OC(C)=O)[C@H]3OC(C)=O)c([N+](=O)[O-])c2)C1. The second-order valence-corrected chi connectivity index (χ2v) is 15.5. The number of aromatic nitrogens is 3. The highest BCUT2D eigenvalue weighted by atomic mass is 16.7. The fraction of sp³-hybridized carbons (Fsp3) is 0.537. The van der Waals surface area contributed by atoms with E-state index in [1.165, 1.54) is 46.8 Å². The van der Waals surface area contributed by atoms with E-state index in [0.29, 0.717) is 29.9 Å². The maximum Gasteiger partial charge on any atom is 0.409 e. The fourth-order valence-electron chi connectivity index (χ4n) is 7.56. The molecule has 2 aliphatic rings. The van der Waals surface area contributed by atoms with Crippen molar-refractivity contribution in [1.29, 1.82) is 0 Å². The number of anilines is 1. The molecule has 4 heterocycles. The molecule has 7 atom stereocenters. The van der Waals surface area contributed by atoms with E-state index in [2.05, 4.69) is 21.7 Å². The summed E-state index contributed by atoms with van der Waals surface area (Å²) in [4.78, 5) is 106. The number of carbonyl (C=O) groups excluding carboxylic acids is 6. The van der Waals surface area contributed by atoms with Crippen LogP contribution in [0.25, 0.3) is 15.9 Å². The van der Waals surface area contributed by atoms with E-state index < -0.39 is 77.8 Å². The molecule has 23 heteroatoms. The first kappa shape index (κ1) is 48.0. The lowest BCUT2D eigenvalue weighted by Crippen LogP contribution is -2.60. The predicted octanol–water partition coefficient (Wildman–Crippen LogP) is 2.88. The molecule has 0 radical (unpaired) electrons. The molecule has 5 rings (SSSR count). The molecule has 3 aromatic rings. The number of rotatable bonds is 14. The number of hydrogen-bond acceptors (Lipinski definition) is 17. The number of fused-ring (bicyclic) bond motifs is 1. The van der Waals surface area contributed by atoms with E-state index in [-0.39, 0.29) is 48.8 Å². The van der Waals surface area contributed by atoms with Gasteiger partial charge in [0.1, 0.15) is 18.8 Å². The molecule has 344 valence electrons. The lowest BCUT2D eigenvalue weighted by atomic mass is 9.90. The van der Waals surface area contributed by atoms with Gasteiger partial charge in [0, 0.05) is 79.4 Å². The highest BCUT2D eigenvalue weighted by molar-refractivity contribution is 5.95. The number of carbonyl (C=O) groups is 6. The zero-order chi connectivity index (χ0) is 47.0. The van der Waals surface area contributed by atoms with Crippen LogP contribution in [-0.4, -0.2) is 162 Å². The number of likely N-dealkylation sites (tertiary alicyclic amines) is 1. The maximum atomic E-state index is 13.6. The van der Waals surface area contributed by atoms with Gasteiger partial charge in [0.2, 0.25) is 12.4 Å². The summed E-state index contributed by atoms with van der Waals surface area (Å²) >= 11 is 0. The Hall–Kier alpha value is -7.09. The van der Waals surface area contributed by atoms with Crippen molar-refractivity contribution in [3.63, 3.8) is 0 Å². The molecule has 3 amide bonds. The number of esters is 3. The Labute approximate surface area is 368 Å². The van der Waals surface area contributed by atoms with E-state index in [9.17, 15) is 38.9 Å². The predicted molar refractivity (Wildman–Crippen MR) is 222 cm³/mol. The normalized spacial score (nSPS) is 21.7.